The molecule has 82 valence electrons. The Hall–Kier alpha value is 1.07. The Bertz CT molecular complexity index is 229. The van der Waals surface area contributed by atoms with Crippen LogP contribution in [-0.4, -0.2) is 26.3 Å². The molecule has 14 heavy (non-hydrogen) atoms. The second kappa shape index (κ2) is 5.41. The highest BCUT2D eigenvalue weighted by molar-refractivity contribution is 14.1. The molecule has 0 N–H and O–H groups in total. The Morgan fingerprint density at radius 3 is 2.57 bits per heavy atom. The van der Waals surface area contributed by atoms with Crippen LogP contribution in [0.3, 0.4) is 0 Å². The van der Waals surface area contributed by atoms with Gasteiger partial charge in [-0.15, -0.1) is 0 Å². The van der Waals surface area contributed by atoms with Crippen molar-refractivity contribution in [3.8, 4) is 0 Å². The first kappa shape index (κ1) is 13.1. The van der Waals surface area contributed by atoms with Crippen LogP contribution in [0.2, 0.25) is 0 Å². The van der Waals surface area contributed by atoms with E-state index in [2.05, 4.69) is 34.5 Å². The Morgan fingerprint density at radius 1 is 1.50 bits per heavy atom. The fourth-order valence-corrected chi connectivity index (χ4v) is 2.35. The highest BCUT2D eigenvalue weighted by atomic mass is 127. The van der Waals surface area contributed by atoms with Gasteiger partial charge in [0.25, 0.3) is 3.79 Å². The average Bonchev–Trinajstić information content (AvgIpc) is 2.47. The molecule has 0 saturated heterocycles. The minimum atomic E-state index is -1.52. The van der Waals surface area contributed by atoms with Gasteiger partial charge < -0.3 is 4.74 Å². The van der Waals surface area contributed by atoms with E-state index in [4.69, 9.17) is 39.5 Å². The zero-order chi connectivity index (χ0) is 10.8. The topological polar surface area (TPSA) is 21.6 Å². The Labute approximate surface area is 112 Å². The monoisotopic (exact) mass is 369 g/mol. The second-order valence-corrected chi connectivity index (χ2v) is 6.26. The van der Waals surface area contributed by atoms with Crippen molar-refractivity contribution in [1.82, 2.24) is 0 Å². The van der Waals surface area contributed by atoms with E-state index >= 15 is 0 Å². The molecule has 2 atom stereocenters. The van der Waals surface area contributed by atoms with Crippen molar-refractivity contribution in [3.05, 3.63) is 0 Å². The van der Waals surface area contributed by atoms with E-state index in [1.165, 1.54) is 0 Å². The minimum Gasteiger partial charge on any atom is -0.471 e. The van der Waals surface area contributed by atoms with Gasteiger partial charge in [0.05, 0.1) is 6.04 Å². The van der Waals surface area contributed by atoms with E-state index in [1.54, 1.807) is 0 Å². The van der Waals surface area contributed by atoms with Crippen LogP contribution in [0.1, 0.15) is 19.8 Å². The molecule has 0 fully saturated rings. The van der Waals surface area contributed by atoms with Gasteiger partial charge in [0, 0.05) is 4.43 Å². The molecule has 0 amide bonds. The lowest BCUT2D eigenvalue weighted by Gasteiger charge is -2.15. The molecule has 1 heterocycles. The largest absolute Gasteiger partial charge is 0.471 e. The highest BCUT2D eigenvalue weighted by Crippen LogP contribution is 2.34. The maximum absolute atomic E-state index is 5.70. The smallest absolute Gasteiger partial charge is 0.266 e. The second-order valence-electron chi connectivity index (χ2n) is 3.10. The summed E-state index contributed by atoms with van der Waals surface area (Å²) in [6, 6.07) is 0.141. The zero-order valence-electron chi connectivity index (χ0n) is 7.64. The van der Waals surface area contributed by atoms with Crippen LogP contribution in [0, 0.1) is 0 Å². The molecular weight excluding hydrogens is 359 g/mol. The average molecular weight is 370 g/mol. The maximum Gasteiger partial charge on any atom is 0.266 e. The molecule has 0 bridgehead atoms. The minimum absolute atomic E-state index is 0.0566. The van der Waals surface area contributed by atoms with Crippen molar-refractivity contribution in [1.29, 1.82) is 0 Å². The van der Waals surface area contributed by atoms with Crippen LogP contribution < -0.4 is 0 Å². The molecule has 0 aliphatic carbocycles. The SMILES string of the molecule is CCC[C@@H]1N=C(C(Cl)(Cl)Cl)O[C@@H]1CI. The summed E-state index contributed by atoms with van der Waals surface area (Å²) in [4.78, 5) is 4.30. The Kier molecular flexibility index (Phi) is 5.08. The number of hydrogen-bond donors (Lipinski definition) is 0. The number of ether oxygens (including phenoxy) is 1. The molecular formula is C8H11Cl3INO. The van der Waals surface area contributed by atoms with E-state index in [0.29, 0.717) is 0 Å². The van der Waals surface area contributed by atoms with Crippen molar-refractivity contribution < 1.29 is 4.74 Å². The van der Waals surface area contributed by atoms with E-state index in [-0.39, 0.29) is 18.0 Å². The van der Waals surface area contributed by atoms with Gasteiger partial charge in [-0.05, 0) is 6.42 Å². The lowest BCUT2D eigenvalue weighted by molar-refractivity contribution is 0.212. The van der Waals surface area contributed by atoms with E-state index in [9.17, 15) is 0 Å². The van der Waals surface area contributed by atoms with Crippen molar-refractivity contribution in [3.63, 3.8) is 0 Å². The van der Waals surface area contributed by atoms with Gasteiger partial charge in [-0.3, -0.25) is 0 Å². The van der Waals surface area contributed by atoms with Gasteiger partial charge in [0.15, 0.2) is 0 Å². The molecule has 1 aliphatic rings. The fraction of sp³-hybridized carbons (Fsp3) is 0.875. The summed E-state index contributed by atoms with van der Waals surface area (Å²) in [5, 5.41) is 0. The van der Waals surface area contributed by atoms with E-state index in [1.807, 2.05) is 0 Å². The van der Waals surface area contributed by atoms with Crippen LogP contribution in [0.25, 0.3) is 0 Å². The molecule has 0 aromatic carbocycles. The van der Waals surface area contributed by atoms with Crippen LogP contribution >= 0.6 is 57.4 Å². The molecule has 2 nitrogen and oxygen atoms in total. The van der Waals surface area contributed by atoms with Crippen molar-refractivity contribution in [2.75, 3.05) is 4.43 Å². The van der Waals surface area contributed by atoms with Crippen molar-refractivity contribution >= 4 is 63.3 Å². The number of hydrogen-bond acceptors (Lipinski definition) is 2. The van der Waals surface area contributed by atoms with Gasteiger partial charge in [0.2, 0.25) is 5.90 Å². The van der Waals surface area contributed by atoms with Gasteiger partial charge in [-0.2, -0.15) is 0 Å². The summed E-state index contributed by atoms with van der Waals surface area (Å²) in [7, 11) is 0. The molecule has 6 heteroatoms. The van der Waals surface area contributed by atoms with Crippen LogP contribution in [0.5, 0.6) is 0 Å². The third-order valence-corrected chi connectivity index (χ3v) is 3.31. The van der Waals surface area contributed by atoms with Crippen LogP contribution in [0.15, 0.2) is 4.99 Å². The molecule has 1 aliphatic heterocycles. The molecule has 1 rings (SSSR count). The highest BCUT2D eigenvalue weighted by Gasteiger charge is 2.39. The first-order valence-electron chi connectivity index (χ1n) is 4.36. The van der Waals surface area contributed by atoms with Gasteiger partial charge in [-0.25, -0.2) is 4.99 Å². The summed E-state index contributed by atoms with van der Waals surface area (Å²) in [6.45, 7) is 2.10. The zero-order valence-corrected chi connectivity index (χ0v) is 12.1. The third-order valence-electron chi connectivity index (χ3n) is 1.95. The Balaban J connectivity index is 2.69. The standard InChI is InChI=1S/C8H11Cl3INO/c1-2-3-5-6(4-12)14-7(13-5)8(9,10)11/h5-6H,2-4H2,1H3/t5-,6+/m0/s1. The number of rotatable bonds is 3. The number of aliphatic imine (C=N–C) groups is 1. The number of halogens is 4. The predicted molar refractivity (Wildman–Crippen MR) is 70.2 cm³/mol. The summed E-state index contributed by atoms with van der Waals surface area (Å²) in [5.41, 5.74) is 0. The predicted octanol–water partition coefficient (Wildman–Crippen LogP) is 3.76. The molecule has 0 saturated carbocycles. The third kappa shape index (κ3) is 3.29. The number of alkyl halides is 4. The normalized spacial score (nSPS) is 27.4. The summed E-state index contributed by atoms with van der Waals surface area (Å²) < 4.78 is 4.82. The van der Waals surface area contributed by atoms with Crippen LogP contribution in [0.4, 0.5) is 0 Å². The molecule has 0 spiro atoms. The molecule has 0 unspecified atom stereocenters. The molecule has 0 aromatic heterocycles. The summed E-state index contributed by atoms with van der Waals surface area (Å²) in [6.07, 6.45) is 2.08. The fourth-order valence-electron chi connectivity index (χ4n) is 1.31. The van der Waals surface area contributed by atoms with Gasteiger partial charge in [-0.1, -0.05) is 70.7 Å². The molecule has 0 radical (unpaired) electrons. The first-order valence-corrected chi connectivity index (χ1v) is 7.02. The van der Waals surface area contributed by atoms with Crippen molar-refractivity contribution in [2.45, 2.75) is 35.7 Å². The van der Waals surface area contributed by atoms with Gasteiger partial charge >= 0.3 is 0 Å². The lowest BCUT2D eigenvalue weighted by atomic mass is 10.1. The maximum atomic E-state index is 5.70. The molecule has 0 aromatic rings. The van der Waals surface area contributed by atoms with E-state index < -0.39 is 3.79 Å². The lowest BCUT2D eigenvalue weighted by Crippen LogP contribution is -2.26. The Morgan fingerprint density at radius 2 is 2.14 bits per heavy atom. The number of nitrogens with zero attached hydrogens (tertiary/aromatic N) is 1. The first-order chi connectivity index (χ1) is 6.49. The van der Waals surface area contributed by atoms with Gasteiger partial charge in [0.1, 0.15) is 6.10 Å². The summed E-state index contributed by atoms with van der Waals surface area (Å²) >= 11 is 19.4. The van der Waals surface area contributed by atoms with Crippen molar-refractivity contribution in [2.24, 2.45) is 4.99 Å². The van der Waals surface area contributed by atoms with E-state index in [0.717, 1.165) is 17.3 Å². The summed E-state index contributed by atoms with van der Waals surface area (Å²) in [5.74, 6) is 0.239. The quantitative estimate of drug-likeness (QED) is 0.548. The van der Waals surface area contributed by atoms with Crippen LogP contribution in [-0.2, 0) is 4.74 Å².